The highest BCUT2D eigenvalue weighted by molar-refractivity contribution is 5.83. The molecule has 3 nitrogen and oxygen atoms in total. The van der Waals surface area contributed by atoms with E-state index in [4.69, 9.17) is 0 Å². The molecular formula is C16H26N2O. The standard InChI is InChI=1S/C16H26N2O/c1-2-14-13-8-17-7-10(13)9-18(14)16(19)15-11-5-3-4-6-12(11)15/h10-15,17H,2-9H2,1H3. The van der Waals surface area contributed by atoms with Gasteiger partial charge in [-0.05, 0) is 42.9 Å². The number of nitrogens with zero attached hydrogens (tertiary/aromatic N) is 1. The third-order valence-electron chi connectivity index (χ3n) is 6.36. The van der Waals surface area contributed by atoms with Gasteiger partial charge in [0.1, 0.15) is 0 Å². The van der Waals surface area contributed by atoms with Crippen LogP contribution in [-0.2, 0) is 4.79 Å². The number of amides is 1. The van der Waals surface area contributed by atoms with Gasteiger partial charge in [-0.1, -0.05) is 19.8 Å². The van der Waals surface area contributed by atoms with Gasteiger partial charge in [0, 0.05) is 31.6 Å². The van der Waals surface area contributed by atoms with Crippen molar-refractivity contribution in [2.24, 2.45) is 29.6 Å². The van der Waals surface area contributed by atoms with E-state index in [1.54, 1.807) is 0 Å². The van der Waals surface area contributed by atoms with Crippen LogP contribution in [-0.4, -0.2) is 36.5 Å². The van der Waals surface area contributed by atoms with Crippen LogP contribution >= 0.6 is 0 Å². The maximum atomic E-state index is 12.9. The van der Waals surface area contributed by atoms with E-state index in [-0.39, 0.29) is 0 Å². The highest BCUT2D eigenvalue weighted by Crippen LogP contribution is 2.56. The van der Waals surface area contributed by atoms with Crippen molar-refractivity contribution in [1.29, 1.82) is 0 Å². The van der Waals surface area contributed by atoms with Gasteiger partial charge in [0.25, 0.3) is 0 Å². The Morgan fingerprint density at radius 3 is 2.58 bits per heavy atom. The van der Waals surface area contributed by atoms with Gasteiger partial charge in [0.05, 0.1) is 0 Å². The van der Waals surface area contributed by atoms with Gasteiger partial charge in [0.2, 0.25) is 5.91 Å². The molecule has 2 saturated heterocycles. The van der Waals surface area contributed by atoms with E-state index in [1.807, 2.05) is 0 Å². The number of fused-ring (bicyclic) bond motifs is 2. The summed E-state index contributed by atoms with van der Waals surface area (Å²) < 4.78 is 0. The Labute approximate surface area is 116 Å². The Hall–Kier alpha value is -0.570. The van der Waals surface area contributed by atoms with Gasteiger partial charge >= 0.3 is 0 Å². The molecular weight excluding hydrogens is 236 g/mol. The van der Waals surface area contributed by atoms with Crippen molar-refractivity contribution < 1.29 is 4.79 Å². The summed E-state index contributed by atoms with van der Waals surface area (Å²) in [6, 6.07) is 0.523. The van der Waals surface area contributed by atoms with Crippen molar-refractivity contribution in [1.82, 2.24) is 10.2 Å². The van der Waals surface area contributed by atoms with E-state index in [0.717, 1.165) is 49.7 Å². The molecule has 19 heavy (non-hydrogen) atoms. The Morgan fingerprint density at radius 2 is 1.89 bits per heavy atom. The first kappa shape index (κ1) is 12.2. The average molecular weight is 262 g/mol. The lowest BCUT2D eigenvalue weighted by Crippen LogP contribution is -2.40. The summed E-state index contributed by atoms with van der Waals surface area (Å²) in [5.41, 5.74) is 0. The minimum Gasteiger partial charge on any atom is -0.339 e. The molecule has 0 aromatic rings. The second-order valence-corrected chi connectivity index (χ2v) is 7.19. The number of carbonyl (C=O) groups excluding carboxylic acids is 1. The van der Waals surface area contributed by atoms with Crippen LogP contribution < -0.4 is 5.32 Å². The monoisotopic (exact) mass is 262 g/mol. The van der Waals surface area contributed by atoms with E-state index in [0.29, 0.717) is 17.9 Å². The zero-order valence-electron chi connectivity index (χ0n) is 12.0. The van der Waals surface area contributed by atoms with Gasteiger partial charge in [-0.3, -0.25) is 4.79 Å². The van der Waals surface area contributed by atoms with Crippen LogP contribution in [0.4, 0.5) is 0 Å². The minimum atomic E-state index is 0.420. The van der Waals surface area contributed by atoms with E-state index < -0.39 is 0 Å². The third-order valence-corrected chi connectivity index (χ3v) is 6.36. The molecule has 0 radical (unpaired) electrons. The second-order valence-electron chi connectivity index (χ2n) is 7.19. The Kier molecular flexibility index (Phi) is 2.87. The van der Waals surface area contributed by atoms with Gasteiger partial charge < -0.3 is 10.2 Å². The van der Waals surface area contributed by atoms with E-state index >= 15 is 0 Å². The minimum absolute atomic E-state index is 0.420. The maximum absolute atomic E-state index is 12.9. The van der Waals surface area contributed by atoms with E-state index in [9.17, 15) is 4.79 Å². The van der Waals surface area contributed by atoms with Gasteiger partial charge in [-0.25, -0.2) is 0 Å². The predicted molar refractivity (Wildman–Crippen MR) is 74.6 cm³/mol. The number of rotatable bonds is 2. The van der Waals surface area contributed by atoms with E-state index in [1.165, 1.54) is 25.7 Å². The van der Waals surface area contributed by atoms with Gasteiger partial charge in [0.15, 0.2) is 0 Å². The zero-order valence-corrected chi connectivity index (χ0v) is 12.0. The Morgan fingerprint density at radius 1 is 1.16 bits per heavy atom. The summed E-state index contributed by atoms with van der Waals surface area (Å²) in [5.74, 6) is 3.93. The molecule has 1 amide bonds. The Bertz CT molecular complexity index is 371. The molecule has 0 aromatic carbocycles. The van der Waals surface area contributed by atoms with E-state index in [2.05, 4.69) is 17.1 Å². The lowest BCUT2D eigenvalue weighted by atomic mass is 9.93. The molecule has 4 aliphatic rings. The van der Waals surface area contributed by atoms with Crippen molar-refractivity contribution in [3.63, 3.8) is 0 Å². The summed E-state index contributed by atoms with van der Waals surface area (Å²) >= 11 is 0. The molecule has 4 rings (SSSR count). The average Bonchev–Trinajstić information content (AvgIpc) is 2.78. The molecule has 3 heteroatoms. The maximum Gasteiger partial charge on any atom is 0.226 e. The third kappa shape index (κ3) is 1.77. The molecule has 5 unspecified atom stereocenters. The van der Waals surface area contributed by atoms with Crippen molar-refractivity contribution in [2.75, 3.05) is 19.6 Å². The molecule has 106 valence electrons. The number of nitrogens with one attached hydrogen (secondary N) is 1. The van der Waals surface area contributed by atoms with Crippen molar-refractivity contribution in [3.05, 3.63) is 0 Å². The number of carbonyl (C=O) groups is 1. The van der Waals surface area contributed by atoms with Gasteiger partial charge in [-0.15, -0.1) is 0 Å². The van der Waals surface area contributed by atoms with Crippen LogP contribution in [0.25, 0.3) is 0 Å². The van der Waals surface area contributed by atoms with Crippen LogP contribution in [0.2, 0.25) is 0 Å². The molecule has 0 bridgehead atoms. The molecule has 2 saturated carbocycles. The van der Waals surface area contributed by atoms with Crippen LogP contribution in [0.5, 0.6) is 0 Å². The lowest BCUT2D eigenvalue weighted by Gasteiger charge is -2.27. The summed E-state index contributed by atoms with van der Waals surface area (Å²) in [5, 5.41) is 3.50. The molecule has 2 aliphatic carbocycles. The first-order valence-electron chi connectivity index (χ1n) is 8.32. The van der Waals surface area contributed by atoms with Crippen LogP contribution in [0.3, 0.4) is 0 Å². The highest BCUT2D eigenvalue weighted by atomic mass is 16.2. The summed E-state index contributed by atoms with van der Waals surface area (Å²) in [7, 11) is 0. The SMILES string of the molecule is CCC1C2CNCC2CN1C(=O)C1C2CCCCC21. The highest BCUT2D eigenvalue weighted by Gasteiger charge is 2.58. The fourth-order valence-electron chi connectivity index (χ4n) is 5.35. The molecule has 0 spiro atoms. The van der Waals surface area contributed by atoms with Crippen LogP contribution in [0.1, 0.15) is 39.0 Å². The number of likely N-dealkylation sites (tertiary alicyclic amines) is 1. The van der Waals surface area contributed by atoms with Gasteiger partial charge in [-0.2, -0.15) is 0 Å². The molecule has 0 aromatic heterocycles. The molecule has 2 heterocycles. The number of hydrogen-bond donors (Lipinski definition) is 1. The van der Waals surface area contributed by atoms with Crippen molar-refractivity contribution in [2.45, 2.75) is 45.1 Å². The molecule has 5 atom stereocenters. The topological polar surface area (TPSA) is 32.3 Å². The summed E-state index contributed by atoms with van der Waals surface area (Å²) in [6.45, 7) is 5.55. The number of hydrogen-bond acceptors (Lipinski definition) is 2. The summed E-state index contributed by atoms with van der Waals surface area (Å²) in [4.78, 5) is 15.2. The van der Waals surface area contributed by atoms with Crippen LogP contribution in [0, 0.1) is 29.6 Å². The Balaban J connectivity index is 1.48. The summed E-state index contributed by atoms with van der Waals surface area (Å²) in [6.07, 6.45) is 6.49. The first-order chi connectivity index (χ1) is 9.31. The normalized spacial score (nSPS) is 47.9. The molecule has 2 aliphatic heterocycles. The lowest BCUT2D eigenvalue weighted by molar-refractivity contribution is -0.134. The largest absolute Gasteiger partial charge is 0.339 e. The molecule has 4 fully saturated rings. The second kappa shape index (κ2) is 4.47. The fraction of sp³-hybridized carbons (Fsp3) is 0.938. The zero-order chi connectivity index (χ0) is 13.0. The van der Waals surface area contributed by atoms with Crippen LogP contribution in [0.15, 0.2) is 0 Å². The predicted octanol–water partition coefficient (Wildman–Crippen LogP) is 1.88. The van der Waals surface area contributed by atoms with Crippen molar-refractivity contribution in [3.8, 4) is 0 Å². The smallest absolute Gasteiger partial charge is 0.226 e. The first-order valence-corrected chi connectivity index (χ1v) is 8.32. The quantitative estimate of drug-likeness (QED) is 0.824. The molecule has 1 N–H and O–H groups in total. The fourth-order valence-corrected chi connectivity index (χ4v) is 5.35. The van der Waals surface area contributed by atoms with Crippen molar-refractivity contribution >= 4 is 5.91 Å².